The average Bonchev–Trinajstić information content (AvgIpc) is 2.51. The molecule has 0 radical (unpaired) electrons. The monoisotopic (exact) mass is 381 g/mol. The Hall–Kier alpha value is -1.10. The number of aliphatic hydroxyl groups is 1. The highest BCUT2D eigenvalue weighted by molar-refractivity contribution is 5.74. The van der Waals surface area contributed by atoms with Crippen molar-refractivity contribution in [3.63, 3.8) is 0 Å². The molecule has 1 saturated heterocycles. The fraction of sp³-hybridized carbons (Fsp3) is 0.938. The molecule has 1 heterocycles. The number of hydrogen-bond donors (Lipinski definition) is 6. The summed E-state index contributed by atoms with van der Waals surface area (Å²) >= 11 is 0. The van der Waals surface area contributed by atoms with Crippen LogP contribution in [0.25, 0.3) is 0 Å². The number of rotatable bonds is 5. The number of urea groups is 1. The quantitative estimate of drug-likeness (QED) is 0.426. The molecule has 2 fully saturated rings. The first-order valence-corrected chi connectivity index (χ1v) is 9.20. The first kappa shape index (κ1) is 21.2. The second-order valence-corrected chi connectivity index (χ2v) is 7.43. The third kappa shape index (κ3) is 6.90. The SMILES string of the molecule is CC(O)CNC1CC(C)NC(NC(=O)NC2CCCC(C(F)(F)F)C2)N1. The lowest BCUT2D eigenvalue weighted by molar-refractivity contribution is -0.183. The maximum Gasteiger partial charge on any atom is 0.391 e. The molecule has 0 aromatic heterocycles. The summed E-state index contributed by atoms with van der Waals surface area (Å²) in [6.45, 7) is 4.07. The van der Waals surface area contributed by atoms with Gasteiger partial charge in [0.25, 0.3) is 0 Å². The summed E-state index contributed by atoms with van der Waals surface area (Å²) < 4.78 is 38.6. The molecular formula is C16H30F3N5O2. The van der Waals surface area contributed by atoms with Gasteiger partial charge in [0.15, 0.2) is 0 Å². The van der Waals surface area contributed by atoms with E-state index in [2.05, 4.69) is 26.6 Å². The van der Waals surface area contributed by atoms with E-state index in [1.54, 1.807) is 6.92 Å². The van der Waals surface area contributed by atoms with Crippen molar-refractivity contribution >= 4 is 6.03 Å². The molecule has 6 unspecified atom stereocenters. The number of alkyl halides is 3. The van der Waals surface area contributed by atoms with Crippen molar-refractivity contribution in [1.82, 2.24) is 26.6 Å². The van der Waals surface area contributed by atoms with Crippen LogP contribution < -0.4 is 26.6 Å². The molecular weight excluding hydrogens is 351 g/mol. The Kier molecular flexibility index (Phi) is 7.51. The van der Waals surface area contributed by atoms with Gasteiger partial charge in [-0.3, -0.25) is 16.0 Å². The first-order valence-electron chi connectivity index (χ1n) is 9.20. The van der Waals surface area contributed by atoms with Crippen LogP contribution in [-0.2, 0) is 0 Å². The Labute approximate surface area is 151 Å². The van der Waals surface area contributed by atoms with Gasteiger partial charge in [0, 0.05) is 18.6 Å². The summed E-state index contributed by atoms with van der Waals surface area (Å²) in [4.78, 5) is 12.2. The number of hydrogen-bond acceptors (Lipinski definition) is 5. The van der Waals surface area contributed by atoms with Crippen LogP contribution in [0.15, 0.2) is 0 Å². The Balaban J connectivity index is 1.79. The van der Waals surface area contributed by atoms with Crippen LogP contribution in [0.1, 0.15) is 46.0 Å². The molecule has 10 heteroatoms. The Morgan fingerprint density at radius 1 is 1.23 bits per heavy atom. The summed E-state index contributed by atoms with van der Waals surface area (Å²) in [6.07, 6.45) is -3.45. The van der Waals surface area contributed by atoms with E-state index in [-0.39, 0.29) is 25.0 Å². The Morgan fingerprint density at radius 2 is 1.96 bits per heavy atom. The minimum Gasteiger partial charge on any atom is -0.392 e. The Morgan fingerprint density at radius 3 is 2.62 bits per heavy atom. The highest BCUT2D eigenvalue weighted by Crippen LogP contribution is 2.37. The van der Waals surface area contributed by atoms with Crippen molar-refractivity contribution in [3.8, 4) is 0 Å². The summed E-state index contributed by atoms with van der Waals surface area (Å²) in [6, 6.07) is -0.843. The fourth-order valence-corrected chi connectivity index (χ4v) is 3.54. The van der Waals surface area contributed by atoms with Gasteiger partial charge in [-0.25, -0.2) is 4.79 Å². The maximum atomic E-state index is 12.9. The van der Waals surface area contributed by atoms with Gasteiger partial charge < -0.3 is 15.7 Å². The normalized spacial score (nSPS) is 34.2. The fourth-order valence-electron chi connectivity index (χ4n) is 3.54. The minimum atomic E-state index is -4.21. The van der Waals surface area contributed by atoms with E-state index >= 15 is 0 Å². The van der Waals surface area contributed by atoms with Gasteiger partial charge in [-0.1, -0.05) is 6.42 Å². The van der Waals surface area contributed by atoms with Crippen molar-refractivity contribution in [2.75, 3.05) is 6.54 Å². The highest BCUT2D eigenvalue weighted by atomic mass is 19.4. The van der Waals surface area contributed by atoms with Crippen LogP contribution in [0.5, 0.6) is 0 Å². The van der Waals surface area contributed by atoms with E-state index in [9.17, 15) is 23.1 Å². The average molecular weight is 381 g/mol. The molecule has 26 heavy (non-hydrogen) atoms. The number of halogens is 3. The molecule has 0 bridgehead atoms. The van der Waals surface area contributed by atoms with E-state index in [1.165, 1.54) is 0 Å². The number of carbonyl (C=O) groups is 1. The van der Waals surface area contributed by atoms with Gasteiger partial charge >= 0.3 is 12.2 Å². The van der Waals surface area contributed by atoms with Gasteiger partial charge in [-0.15, -0.1) is 0 Å². The standard InChI is InChI=1S/C16H30F3N5O2/c1-9-6-13(20-8-10(2)25)23-14(21-9)24-15(26)22-12-5-3-4-11(7-12)16(17,18)19/h9-14,20-21,23,25H,3-8H2,1-2H3,(H2,22,24,26). The molecule has 1 aliphatic carbocycles. The summed E-state index contributed by atoms with van der Waals surface area (Å²) in [5, 5.41) is 24.2. The molecule has 1 aliphatic heterocycles. The van der Waals surface area contributed by atoms with Crippen molar-refractivity contribution < 1.29 is 23.1 Å². The molecule has 2 aliphatic rings. The zero-order valence-electron chi connectivity index (χ0n) is 15.2. The molecule has 2 rings (SSSR count). The molecule has 152 valence electrons. The lowest BCUT2D eigenvalue weighted by atomic mass is 9.85. The third-order valence-corrected chi connectivity index (χ3v) is 4.82. The molecule has 7 nitrogen and oxygen atoms in total. The molecule has 6 atom stereocenters. The largest absolute Gasteiger partial charge is 0.392 e. The Bertz CT molecular complexity index is 464. The number of amides is 2. The second kappa shape index (κ2) is 9.20. The van der Waals surface area contributed by atoms with Gasteiger partial charge in [0.05, 0.1) is 18.2 Å². The topological polar surface area (TPSA) is 97.5 Å². The molecule has 0 spiro atoms. The maximum absolute atomic E-state index is 12.9. The van der Waals surface area contributed by atoms with Crippen molar-refractivity contribution in [2.24, 2.45) is 5.92 Å². The van der Waals surface area contributed by atoms with Crippen molar-refractivity contribution in [3.05, 3.63) is 0 Å². The van der Waals surface area contributed by atoms with Gasteiger partial charge in [0.2, 0.25) is 0 Å². The van der Waals surface area contributed by atoms with Crippen molar-refractivity contribution in [2.45, 2.75) is 82.8 Å². The molecule has 6 N–H and O–H groups in total. The van der Waals surface area contributed by atoms with Gasteiger partial charge in [0.1, 0.15) is 6.29 Å². The number of carbonyl (C=O) groups excluding carboxylic acids is 1. The summed E-state index contributed by atoms with van der Waals surface area (Å²) in [7, 11) is 0. The van der Waals surface area contributed by atoms with Crippen LogP contribution in [0.4, 0.5) is 18.0 Å². The predicted octanol–water partition coefficient (Wildman–Crippen LogP) is 0.958. The van der Waals surface area contributed by atoms with Gasteiger partial charge in [-0.05, 0) is 39.5 Å². The first-order chi connectivity index (χ1) is 12.1. The van der Waals surface area contributed by atoms with Crippen molar-refractivity contribution in [1.29, 1.82) is 0 Å². The zero-order chi connectivity index (χ0) is 19.3. The number of aliphatic hydroxyl groups excluding tert-OH is 1. The lowest BCUT2D eigenvalue weighted by Gasteiger charge is -2.37. The van der Waals surface area contributed by atoms with E-state index in [4.69, 9.17) is 0 Å². The summed E-state index contributed by atoms with van der Waals surface area (Å²) in [5.74, 6) is -1.35. The van der Waals surface area contributed by atoms with Crippen LogP contribution in [-0.4, -0.2) is 54.5 Å². The smallest absolute Gasteiger partial charge is 0.391 e. The van der Waals surface area contributed by atoms with Crippen LogP contribution in [0.2, 0.25) is 0 Å². The zero-order valence-corrected chi connectivity index (χ0v) is 15.2. The third-order valence-electron chi connectivity index (χ3n) is 4.82. The van der Waals surface area contributed by atoms with Crippen LogP contribution in [0, 0.1) is 5.92 Å². The number of nitrogens with one attached hydrogen (secondary N) is 5. The van der Waals surface area contributed by atoms with E-state index in [0.717, 1.165) is 6.42 Å². The van der Waals surface area contributed by atoms with Crippen LogP contribution >= 0.6 is 0 Å². The second-order valence-electron chi connectivity index (χ2n) is 7.43. The van der Waals surface area contributed by atoms with E-state index in [0.29, 0.717) is 19.4 Å². The minimum absolute atomic E-state index is 0.0720. The molecule has 1 saturated carbocycles. The molecule has 2 amide bonds. The molecule has 0 aromatic rings. The van der Waals surface area contributed by atoms with E-state index in [1.807, 2.05) is 6.92 Å². The molecule has 0 aromatic carbocycles. The predicted molar refractivity (Wildman–Crippen MR) is 91.1 cm³/mol. The highest BCUT2D eigenvalue weighted by Gasteiger charge is 2.42. The van der Waals surface area contributed by atoms with Gasteiger partial charge in [-0.2, -0.15) is 13.2 Å². The van der Waals surface area contributed by atoms with Crippen LogP contribution in [0.3, 0.4) is 0 Å². The van der Waals surface area contributed by atoms with E-state index < -0.39 is 36.6 Å². The lowest BCUT2D eigenvalue weighted by Crippen LogP contribution is -2.68. The summed E-state index contributed by atoms with van der Waals surface area (Å²) in [5.41, 5.74) is 0.